The maximum absolute atomic E-state index is 9.17. The molecule has 0 bridgehead atoms. The molecule has 0 saturated heterocycles. The van der Waals surface area contributed by atoms with E-state index in [4.69, 9.17) is 5.11 Å². The Morgan fingerprint density at radius 2 is 1.88 bits per heavy atom. The Kier molecular flexibility index (Phi) is 4.96. The molecule has 0 saturated carbocycles. The lowest BCUT2D eigenvalue weighted by molar-refractivity contribution is 0.154. The Balaban J connectivity index is 2.53. The third kappa shape index (κ3) is 4.24. The normalized spacial score (nSPS) is 13.8. The molecule has 1 aromatic rings. The summed E-state index contributed by atoms with van der Waals surface area (Å²) >= 11 is 3.42. The molecular weight excluding hydrogens is 266 g/mol. The first-order chi connectivity index (χ1) is 7.44. The molecule has 2 N–H and O–H groups in total. The van der Waals surface area contributed by atoms with Gasteiger partial charge < -0.3 is 10.4 Å². The van der Waals surface area contributed by atoms with Gasteiger partial charge >= 0.3 is 0 Å². The van der Waals surface area contributed by atoms with Crippen molar-refractivity contribution in [2.24, 2.45) is 5.41 Å². The van der Waals surface area contributed by atoms with Crippen molar-refractivity contribution < 1.29 is 5.11 Å². The van der Waals surface area contributed by atoms with Crippen LogP contribution in [0, 0.1) is 5.41 Å². The Labute approximate surface area is 106 Å². The van der Waals surface area contributed by atoms with Gasteiger partial charge in [0.2, 0.25) is 0 Å². The minimum absolute atomic E-state index is 0.0658. The van der Waals surface area contributed by atoms with Crippen molar-refractivity contribution in [2.45, 2.75) is 26.8 Å². The molecule has 0 aliphatic carbocycles. The standard InChI is InChI=1S/C13H20BrNO/c1-10(15-8-13(2,3)9-16)11-4-6-12(14)7-5-11/h4-7,10,15-16H,8-9H2,1-3H3/t10-/m0/s1. The monoisotopic (exact) mass is 285 g/mol. The van der Waals surface area contributed by atoms with Crippen LogP contribution < -0.4 is 5.32 Å². The van der Waals surface area contributed by atoms with Crippen LogP contribution >= 0.6 is 15.9 Å². The highest BCUT2D eigenvalue weighted by Gasteiger charge is 2.17. The second-order valence-corrected chi connectivity index (χ2v) is 5.89. The van der Waals surface area contributed by atoms with E-state index in [0.29, 0.717) is 6.04 Å². The van der Waals surface area contributed by atoms with Crippen LogP contribution in [0.1, 0.15) is 32.4 Å². The van der Waals surface area contributed by atoms with Crippen LogP contribution in [0.5, 0.6) is 0 Å². The molecule has 0 aliphatic heterocycles. The van der Waals surface area contributed by atoms with Crippen LogP contribution in [0.25, 0.3) is 0 Å². The van der Waals surface area contributed by atoms with Gasteiger partial charge in [-0.1, -0.05) is 41.9 Å². The minimum atomic E-state index is -0.0658. The maximum Gasteiger partial charge on any atom is 0.0494 e. The van der Waals surface area contributed by atoms with E-state index in [1.807, 2.05) is 26.0 Å². The van der Waals surface area contributed by atoms with E-state index < -0.39 is 0 Å². The van der Waals surface area contributed by atoms with Gasteiger partial charge in [-0.2, -0.15) is 0 Å². The maximum atomic E-state index is 9.17. The number of nitrogens with one attached hydrogen (secondary N) is 1. The van der Waals surface area contributed by atoms with Gasteiger partial charge in [-0.05, 0) is 24.6 Å². The van der Waals surface area contributed by atoms with Crippen LogP contribution in [0.4, 0.5) is 0 Å². The van der Waals surface area contributed by atoms with Gasteiger partial charge in [0.15, 0.2) is 0 Å². The molecule has 90 valence electrons. The smallest absolute Gasteiger partial charge is 0.0494 e. The fourth-order valence-corrected chi connectivity index (χ4v) is 1.62. The third-order valence-electron chi connectivity index (χ3n) is 2.68. The Hall–Kier alpha value is -0.380. The second kappa shape index (κ2) is 5.80. The Morgan fingerprint density at radius 1 is 1.31 bits per heavy atom. The molecule has 2 nitrogen and oxygen atoms in total. The average Bonchev–Trinajstić information content (AvgIpc) is 2.27. The summed E-state index contributed by atoms with van der Waals surface area (Å²) in [5, 5.41) is 12.6. The van der Waals surface area contributed by atoms with Gasteiger partial charge in [0, 0.05) is 29.1 Å². The minimum Gasteiger partial charge on any atom is -0.396 e. The molecule has 0 fully saturated rings. The molecule has 0 radical (unpaired) electrons. The number of benzene rings is 1. The summed E-state index contributed by atoms with van der Waals surface area (Å²) in [6.45, 7) is 7.24. The third-order valence-corrected chi connectivity index (χ3v) is 3.21. The van der Waals surface area contributed by atoms with E-state index in [1.54, 1.807) is 0 Å². The van der Waals surface area contributed by atoms with Gasteiger partial charge in [0.05, 0.1) is 0 Å². The van der Waals surface area contributed by atoms with E-state index in [0.717, 1.165) is 11.0 Å². The van der Waals surface area contributed by atoms with E-state index in [9.17, 15) is 0 Å². The Morgan fingerprint density at radius 3 is 2.38 bits per heavy atom. The molecule has 3 heteroatoms. The van der Waals surface area contributed by atoms with Gasteiger partial charge in [-0.3, -0.25) is 0 Å². The topological polar surface area (TPSA) is 32.3 Å². The van der Waals surface area contributed by atoms with Crippen LogP contribution in [-0.2, 0) is 0 Å². The summed E-state index contributed by atoms with van der Waals surface area (Å²) in [5.74, 6) is 0. The highest BCUT2D eigenvalue weighted by Crippen LogP contribution is 2.18. The molecule has 1 rings (SSSR count). The summed E-state index contributed by atoms with van der Waals surface area (Å²) in [5.41, 5.74) is 1.20. The molecule has 1 atom stereocenters. The van der Waals surface area contributed by atoms with Crippen molar-refractivity contribution in [3.63, 3.8) is 0 Å². The quantitative estimate of drug-likeness (QED) is 0.871. The fraction of sp³-hybridized carbons (Fsp3) is 0.538. The zero-order valence-electron chi connectivity index (χ0n) is 10.1. The number of hydrogen-bond acceptors (Lipinski definition) is 2. The van der Waals surface area contributed by atoms with Crippen molar-refractivity contribution >= 4 is 15.9 Å². The lowest BCUT2D eigenvalue weighted by Gasteiger charge is -2.25. The Bertz CT molecular complexity index is 321. The van der Waals surface area contributed by atoms with Crippen LogP contribution in [0.2, 0.25) is 0 Å². The highest BCUT2D eigenvalue weighted by molar-refractivity contribution is 9.10. The van der Waals surface area contributed by atoms with Crippen molar-refractivity contribution in [1.29, 1.82) is 0 Å². The first kappa shape index (κ1) is 13.7. The first-order valence-corrected chi connectivity index (χ1v) is 6.33. The fourth-order valence-electron chi connectivity index (χ4n) is 1.35. The van der Waals surface area contributed by atoms with E-state index in [2.05, 4.69) is 40.3 Å². The lowest BCUT2D eigenvalue weighted by Crippen LogP contribution is -2.33. The van der Waals surface area contributed by atoms with Gasteiger partial charge in [-0.15, -0.1) is 0 Å². The van der Waals surface area contributed by atoms with Gasteiger partial charge in [-0.25, -0.2) is 0 Å². The van der Waals surface area contributed by atoms with Gasteiger partial charge in [0.25, 0.3) is 0 Å². The van der Waals surface area contributed by atoms with Crippen molar-refractivity contribution in [3.8, 4) is 0 Å². The number of aliphatic hydroxyl groups excluding tert-OH is 1. The van der Waals surface area contributed by atoms with Crippen LogP contribution in [0.3, 0.4) is 0 Å². The number of hydrogen-bond donors (Lipinski definition) is 2. The van der Waals surface area contributed by atoms with Crippen LogP contribution in [-0.4, -0.2) is 18.3 Å². The summed E-state index contributed by atoms with van der Waals surface area (Å²) in [6, 6.07) is 8.61. The zero-order valence-corrected chi connectivity index (χ0v) is 11.7. The molecule has 16 heavy (non-hydrogen) atoms. The molecule has 1 aromatic carbocycles. The molecule has 0 amide bonds. The van der Waals surface area contributed by atoms with E-state index >= 15 is 0 Å². The zero-order chi connectivity index (χ0) is 12.2. The predicted molar refractivity (Wildman–Crippen MR) is 71.4 cm³/mol. The summed E-state index contributed by atoms with van der Waals surface area (Å²) in [4.78, 5) is 0. The summed E-state index contributed by atoms with van der Waals surface area (Å²) < 4.78 is 1.10. The van der Waals surface area contributed by atoms with Crippen LogP contribution in [0.15, 0.2) is 28.7 Å². The number of rotatable bonds is 5. The molecular formula is C13H20BrNO. The predicted octanol–water partition coefficient (Wildman–Crippen LogP) is 3.12. The van der Waals surface area contributed by atoms with Gasteiger partial charge in [0.1, 0.15) is 0 Å². The molecule has 0 spiro atoms. The van der Waals surface area contributed by atoms with E-state index in [-0.39, 0.29) is 12.0 Å². The molecule has 0 unspecified atom stereocenters. The van der Waals surface area contributed by atoms with Crippen molar-refractivity contribution in [1.82, 2.24) is 5.32 Å². The molecule has 0 aliphatic rings. The summed E-state index contributed by atoms with van der Waals surface area (Å²) in [6.07, 6.45) is 0. The highest BCUT2D eigenvalue weighted by atomic mass is 79.9. The second-order valence-electron chi connectivity index (χ2n) is 4.98. The SMILES string of the molecule is C[C@H](NCC(C)(C)CO)c1ccc(Br)cc1. The average molecular weight is 286 g/mol. The number of halogens is 1. The molecule has 0 heterocycles. The first-order valence-electron chi connectivity index (χ1n) is 5.54. The summed E-state index contributed by atoms with van der Waals surface area (Å²) in [7, 11) is 0. The molecule has 0 aromatic heterocycles. The van der Waals surface area contributed by atoms with Crippen molar-refractivity contribution in [3.05, 3.63) is 34.3 Å². The lowest BCUT2D eigenvalue weighted by atomic mass is 9.94. The van der Waals surface area contributed by atoms with E-state index in [1.165, 1.54) is 5.56 Å². The van der Waals surface area contributed by atoms with Crippen molar-refractivity contribution in [2.75, 3.05) is 13.2 Å². The largest absolute Gasteiger partial charge is 0.396 e. The number of aliphatic hydroxyl groups is 1.